The van der Waals surface area contributed by atoms with Crippen LogP contribution in [0.4, 0.5) is 4.39 Å². The number of rotatable bonds is 8. The van der Waals surface area contributed by atoms with E-state index in [4.69, 9.17) is 14.0 Å². The largest absolute Gasteiger partial charge is 0.468 e. The fourth-order valence-electron chi connectivity index (χ4n) is 3.68. The average molecular weight is 383 g/mol. The lowest BCUT2D eigenvalue weighted by Crippen LogP contribution is -2.34. The topological polar surface area (TPSA) is 47.7 Å². The summed E-state index contributed by atoms with van der Waals surface area (Å²) in [6, 6.07) is 15.0. The number of ether oxygens (including phenoxy) is 2. The molecule has 4 rings (SSSR count). The van der Waals surface area contributed by atoms with Gasteiger partial charge in [0.25, 0.3) is 0 Å². The van der Waals surface area contributed by atoms with Crippen LogP contribution in [-0.4, -0.2) is 43.1 Å². The third-order valence-corrected chi connectivity index (χ3v) is 5.19. The van der Waals surface area contributed by atoms with Gasteiger partial charge >= 0.3 is 0 Å². The van der Waals surface area contributed by atoms with Crippen LogP contribution in [0.3, 0.4) is 0 Å². The smallest absolute Gasteiger partial charge is 0.189 e. The van der Waals surface area contributed by atoms with Crippen molar-refractivity contribution in [2.75, 3.05) is 33.0 Å². The van der Waals surface area contributed by atoms with Gasteiger partial charge in [-0.1, -0.05) is 17.3 Å². The van der Waals surface area contributed by atoms with Gasteiger partial charge in [0.1, 0.15) is 22.8 Å². The molecule has 5 nitrogen and oxygen atoms in total. The zero-order valence-electron chi connectivity index (χ0n) is 15.8. The van der Waals surface area contributed by atoms with Gasteiger partial charge in [0, 0.05) is 23.9 Å². The molecule has 1 radical (unpaired) electrons. The first-order valence-electron chi connectivity index (χ1n) is 9.73. The highest BCUT2D eigenvalue weighted by atomic mass is 19.1. The zero-order valence-corrected chi connectivity index (χ0v) is 15.8. The molecule has 1 aliphatic rings. The lowest BCUT2D eigenvalue weighted by atomic mass is 9.92. The summed E-state index contributed by atoms with van der Waals surface area (Å²) in [5.74, 6) is 1.76. The van der Waals surface area contributed by atoms with Crippen LogP contribution in [0.2, 0.25) is 0 Å². The zero-order chi connectivity index (χ0) is 19.2. The first-order chi connectivity index (χ1) is 13.8. The van der Waals surface area contributed by atoms with Crippen LogP contribution in [0.1, 0.15) is 30.9 Å². The van der Waals surface area contributed by atoms with E-state index in [1.165, 1.54) is 12.1 Å². The molecule has 0 spiro atoms. The molecule has 1 saturated heterocycles. The average Bonchev–Trinajstić information content (AvgIpc) is 3.15. The maximum Gasteiger partial charge on any atom is 0.189 e. The van der Waals surface area contributed by atoms with Crippen LogP contribution < -0.4 is 4.74 Å². The normalized spacial score (nSPS) is 15.9. The molecule has 0 saturated carbocycles. The Morgan fingerprint density at radius 1 is 1.18 bits per heavy atom. The van der Waals surface area contributed by atoms with E-state index in [2.05, 4.69) is 16.1 Å². The van der Waals surface area contributed by atoms with E-state index in [1.54, 1.807) is 6.07 Å². The third-order valence-electron chi connectivity index (χ3n) is 5.19. The molecule has 28 heavy (non-hydrogen) atoms. The Morgan fingerprint density at radius 2 is 2.00 bits per heavy atom. The summed E-state index contributed by atoms with van der Waals surface area (Å²) in [6.45, 7) is 3.99. The molecule has 0 aliphatic carbocycles. The molecular formula is C22H24FN2O3. The number of hydrogen-bond donors (Lipinski definition) is 0. The summed E-state index contributed by atoms with van der Waals surface area (Å²) in [7, 11) is 0. The number of hydrogen-bond acceptors (Lipinski definition) is 5. The van der Waals surface area contributed by atoms with E-state index >= 15 is 0 Å². The highest BCUT2D eigenvalue weighted by Crippen LogP contribution is 2.33. The molecule has 2 aromatic carbocycles. The van der Waals surface area contributed by atoms with Gasteiger partial charge in [-0.2, -0.15) is 0 Å². The Bertz CT molecular complexity index is 876. The fraction of sp³-hybridized carbons (Fsp3) is 0.409. The predicted octanol–water partition coefficient (Wildman–Crippen LogP) is 4.39. The number of likely N-dealkylation sites (tertiary alicyclic amines) is 1. The first-order valence-corrected chi connectivity index (χ1v) is 9.73. The predicted molar refractivity (Wildman–Crippen MR) is 104 cm³/mol. The van der Waals surface area contributed by atoms with Gasteiger partial charge in [-0.15, -0.1) is 0 Å². The molecule has 0 N–H and O–H groups in total. The second-order valence-electron chi connectivity index (χ2n) is 7.08. The minimum atomic E-state index is -0.280. The lowest BCUT2D eigenvalue weighted by Gasteiger charge is -2.30. The molecule has 2 heterocycles. The lowest BCUT2D eigenvalue weighted by molar-refractivity contribution is 0.0106. The SMILES string of the molecule is Fc1ccc2c(C3CCN(CCCOCOc4cc[c]cc4)CC3)onc2c1. The Kier molecular flexibility index (Phi) is 6.19. The van der Waals surface area contributed by atoms with Crippen LogP contribution in [0, 0.1) is 11.9 Å². The third kappa shape index (κ3) is 4.69. The van der Waals surface area contributed by atoms with Crippen molar-refractivity contribution < 1.29 is 18.4 Å². The Hall–Kier alpha value is -2.44. The van der Waals surface area contributed by atoms with E-state index in [0.717, 1.165) is 55.8 Å². The molecule has 1 fully saturated rings. The highest BCUT2D eigenvalue weighted by molar-refractivity contribution is 5.80. The summed E-state index contributed by atoms with van der Waals surface area (Å²) in [6.07, 6.45) is 3.02. The Balaban J connectivity index is 1.15. The molecule has 1 aliphatic heterocycles. The molecule has 0 amide bonds. The number of aromatic nitrogens is 1. The second kappa shape index (κ2) is 9.17. The highest BCUT2D eigenvalue weighted by Gasteiger charge is 2.25. The molecule has 1 aromatic heterocycles. The fourth-order valence-corrected chi connectivity index (χ4v) is 3.68. The number of fused-ring (bicyclic) bond motifs is 1. The number of piperidine rings is 1. The first kappa shape index (κ1) is 18.9. The minimum Gasteiger partial charge on any atom is -0.468 e. The van der Waals surface area contributed by atoms with Crippen molar-refractivity contribution in [3.8, 4) is 5.75 Å². The summed E-state index contributed by atoms with van der Waals surface area (Å²) >= 11 is 0. The molecule has 147 valence electrons. The van der Waals surface area contributed by atoms with Crippen molar-refractivity contribution in [2.24, 2.45) is 0 Å². The van der Waals surface area contributed by atoms with Crippen LogP contribution >= 0.6 is 0 Å². The van der Waals surface area contributed by atoms with E-state index in [-0.39, 0.29) is 12.6 Å². The van der Waals surface area contributed by atoms with Gasteiger partial charge in [-0.25, -0.2) is 4.39 Å². The second-order valence-corrected chi connectivity index (χ2v) is 7.08. The summed E-state index contributed by atoms with van der Waals surface area (Å²) < 4.78 is 29.9. The van der Waals surface area contributed by atoms with Crippen LogP contribution in [0.25, 0.3) is 10.9 Å². The molecule has 0 unspecified atom stereocenters. The number of benzene rings is 2. The molecule has 6 heteroatoms. The van der Waals surface area contributed by atoms with Crippen molar-refractivity contribution in [3.05, 3.63) is 60.1 Å². The van der Waals surface area contributed by atoms with Crippen molar-refractivity contribution in [1.82, 2.24) is 10.1 Å². The standard InChI is InChI=1S/C22H24FN2O3/c23-18-7-8-20-21(15-18)24-28-22(20)17-9-12-25(13-10-17)11-4-14-26-16-27-19-5-2-1-3-6-19/h2-3,5-8,15,17H,4,9-14,16H2. The van der Waals surface area contributed by atoms with Gasteiger partial charge in [0.2, 0.25) is 0 Å². The maximum atomic E-state index is 13.3. The van der Waals surface area contributed by atoms with Crippen LogP contribution in [-0.2, 0) is 4.74 Å². The van der Waals surface area contributed by atoms with Gasteiger partial charge in [0.15, 0.2) is 6.79 Å². The minimum absolute atomic E-state index is 0.269. The summed E-state index contributed by atoms with van der Waals surface area (Å²) in [5.41, 5.74) is 0.602. The van der Waals surface area contributed by atoms with E-state index in [1.807, 2.05) is 24.3 Å². The molecule has 0 bridgehead atoms. The Labute approximate surface area is 164 Å². The quantitative estimate of drug-likeness (QED) is 0.426. The summed E-state index contributed by atoms with van der Waals surface area (Å²) in [4.78, 5) is 2.45. The van der Waals surface area contributed by atoms with Gasteiger partial charge in [0.05, 0.1) is 6.61 Å². The monoisotopic (exact) mass is 383 g/mol. The molecule has 3 aromatic rings. The van der Waals surface area contributed by atoms with Crippen molar-refractivity contribution in [2.45, 2.75) is 25.2 Å². The van der Waals surface area contributed by atoms with Crippen molar-refractivity contribution >= 4 is 10.9 Å². The van der Waals surface area contributed by atoms with Crippen LogP contribution in [0.15, 0.2) is 47.0 Å². The van der Waals surface area contributed by atoms with E-state index < -0.39 is 0 Å². The van der Waals surface area contributed by atoms with E-state index in [9.17, 15) is 4.39 Å². The summed E-state index contributed by atoms with van der Waals surface area (Å²) in [5, 5.41) is 4.95. The van der Waals surface area contributed by atoms with Gasteiger partial charge in [-0.05, 0) is 62.7 Å². The molecular weight excluding hydrogens is 359 g/mol. The van der Waals surface area contributed by atoms with Gasteiger partial charge in [-0.3, -0.25) is 0 Å². The Morgan fingerprint density at radius 3 is 2.82 bits per heavy atom. The number of halogens is 1. The van der Waals surface area contributed by atoms with E-state index in [0.29, 0.717) is 18.0 Å². The number of nitrogens with zero attached hydrogens (tertiary/aromatic N) is 2. The van der Waals surface area contributed by atoms with Crippen molar-refractivity contribution in [1.29, 1.82) is 0 Å². The van der Waals surface area contributed by atoms with Crippen LogP contribution in [0.5, 0.6) is 5.75 Å². The maximum absolute atomic E-state index is 13.3. The molecule has 0 atom stereocenters. The van der Waals surface area contributed by atoms with Gasteiger partial charge < -0.3 is 18.9 Å². The van der Waals surface area contributed by atoms with Crippen molar-refractivity contribution in [3.63, 3.8) is 0 Å².